The zero-order chi connectivity index (χ0) is 16.1. The first-order valence-electron chi connectivity index (χ1n) is 7.74. The molecule has 0 unspecified atom stereocenters. The highest BCUT2D eigenvalue weighted by atomic mass is 35.5. The predicted octanol–water partition coefficient (Wildman–Crippen LogP) is 2.77. The van der Waals surface area contributed by atoms with Crippen LogP contribution in [-0.4, -0.2) is 35.5 Å². The standard InChI is InChI=1S/C16H19ClN4OS/c17-14-10-18-11-20-15(14)21-7-4-12(5-8-21)16(22)19-6-3-13-2-1-9-23-13/h1-2,9-12H,3-8H2,(H,19,22). The van der Waals surface area contributed by atoms with Gasteiger partial charge in [-0.15, -0.1) is 11.3 Å². The van der Waals surface area contributed by atoms with Crippen LogP contribution in [-0.2, 0) is 11.2 Å². The molecule has 7 heteroatoms. The van der Waals surface area contributed by atoms with E-state index in [4.69, 9.17) is 11.6 Å². The minimum absolute atomic E-state index is 0.0789. The van der Waals surface area contributed by atoms with Crippen LogP contribution in [0.5, 0.6) is 0 Å². The van der Waals surface area contributed by atoms with Crippen molar-refractivity contribution in [3.8, 4) is 0 Å². The molecule has 0 atom stereocenters. The topological polar surface area (TPSA) is 58.1 Å². The van der Waals surface area contributed by atoms with E-state index in [1.807, 2.05) is 6.07 Å². The van der Waals surface area contributed by atoms with Crippen LogP contribution in [0.15, 0.2) is 30.0 Å². The van der Waals surface area contributed by atoms with Gasteiger partial charge in [0.2, 0.25) is 5.91 Å². The minimum Gasteiger partial charge on any atom is -0.355 e. The molecule has 0 aliphatic carbocycles. The lowest BCUT2D eigenvalue weighted by atomic mass is 9.96. The maximum absolute atomic E-state index is 12.3. The van der Waals surface area contributed by atoms with E-state index in [2.05, 4.69) is 31.6 Å². The highest BCUT2D eigenvalue weighted by Crippen LogP contribution is 2.26. The Kier molecular flexibility index (Phi) is 5.46. The van der Waals surface area contributed by atoms with E-state index in [1.165, 1.54) is 11.2 Å². The van der Waals surface area contributed by atoms with Crippen molar-refractivity contribution in [2.45, 2.75) is 19.3 Å². The van der Waals surface area contributed by atoms with E-state index >= 15 is 0 Å². The molecule has 23 heavy (non-hydrogen) atoms. The quantitative estimate of drug-likeness (QED) is 0.900. The largest absolute Gasteiger partial charge is 0.355 e. The summed E-state index contributed by atoms with van der Waals surface area (Å²) < 4.78 is 0. The molecular weight excluding hydrogens is 332 g/mol. The lowest BCUT2D eigenvalue weighted by molar-refractivity contribution is -0.125. The van der Waals surface area contributed by atoms with E-state index in [0.29, 0.717) is 11.6 Å². The number of piperidine rings is 1. The second-order valence-corrected chi connectivity index (χ2v) is 7.02. The molecule has 3 rings (SSSR count). The molecule has 2 aromatic rings. The fraction of sp³-hybridized carbons (Fsp3) is 0.438. The van der Waals surface area contributed by atoms with Crippen molar-refractivity contribution in [1.29, 1.82) is 0 Å². The van der Waals surface area contributed by atoms with E-state index in [1.54, 1.807) is 17.5 Å². The smallest absolute Gasteiger partial charge is 0.223 e. The summed E-state index contributed by atoms with van der Waals surface area (Å²) in [6.07, 6.45) is 5.66. The summed E-state index contributed by atoms with van der Waals surface area (Å²) in [5.74, 6) is 1.00. The van der Waals surface area contributed by atoms with Crippen LogP contribution in [0, 0.1) is 5.92 Å². The minimum atomic E-state index is 0.0789. The van der Waals surface area contributed by atoms with E-state index in [-0.39, 0.29) is 11.8 Å². The number of carbonyl (C=O) groups excluding carboxylic acids is 1. The number of anilines is 1. The van der Waals surface area contributed by atoms with Gasteiger partial charge in [0.1, 0.15) is 11.3 Å². The first-order chi connectivity index (χ1) is 11.2. The molecule has 122 valence electrons. The number of nitrogens with one attached hydrogen (secondary N) is 1. The summed E-state index contributed by atoms with van der Waals surface area (Å²) in [6.45, 7) is 2.29. The number of nitrogens with zero attached hydrogens (tertiary/aromatic N) is 3. The van der Waals surface area contributed by atoms with Crippen LogP contribution in [0.2, 0.25) is 5.02 Å². The highest BCUT2D eigenvalue weighted by Gasteiger charge is 2.26. The van der Waals surface area contributed by atoms with Crippen molar-refractivity contribution >= 4 is 34.7 Å². The first kappa shape index (κ1) is 16.2. The lowest BCUT2D eigenvalue weighted by Gasteiger charge is -2.32. The molecule has 0 spiro atoms. The summed E-state index contributed by atoms with van der Waals surface area (Å²) in [7, 11) is 0. The van der Waals surface area contributed by atoms with Crippen molar-refractivity contribution in [3.05, 3.63) is 39.9 Å². The Bertz CT molecular complexity index is 641. The summed E-state index contributed by atoms with van der Waals surface area (Å²) in [4.78, 5) is 23.8. The summed E-state index contributed by atoms with van der Waals surface area (Å²) in [5, 5.41) is 5.68. The Hall–Kier alpha value is -1.66. The van der Waals surface area contributed by atoms with Gasteiger partial charge in [-0.3, -0.25) is 4.79 Å². The molecule has 0 saturated carbocycles. The van der Waals surface area contributed by atoms with Gasteiger partial charge in [-0.25, -0.2) is 9.97 Å². The van der Waals surface area contributed by atoms with E-state index in [9.17, 15) is 4.79 Å². The molecule has 3 heterocycles. The molecule has 1 fully saturated rings. The van der Waals surface area contributed by atoms with Crippen molar-refractivity contribution in [2.75, 3.05) is 24.5 Å². The second-order valence-electron chi connectivity index (χ2n) is 5.58. The average Bonchev–Trinajstić information content (AvgIpc) is 3.09. The molecule has 2 aromatic heterocycles. The monoisotopic (exact) mass is 350 g/mol. The van der Waals surface area contributed by atoms with Crippen LogP contribution < -0.4 is 10.2 Å². The number of thiophene rings is 1. The zero-order valence-electron chi connectivity index (χ0n) is 12.7. The second kappa shape index (κ2) is 7.75. The molecule has 1 aliphatic rings. The number of rotatable bonds is 5. The van der Waals surface area contributed by atoms with Gasteiger partial charge in [0.25, 0.3) is 0 Å². The van der Waals surface area contributed by atoms with Crippen molar-refractivity contribution < 1.29 is 4.79 Å². The molecule has 1 N–H and O–H groups in total. The van der Waals surface area contributed by atoms with E-state index in [0.717, 1.165) is 38.2 Å². The molecule has 1 amide bonds. The molecule has 0 aromatic carbocycles. The van der Waals surface area contributed by atoms with Crippen LogP contribution in [0.4, 0.5) is 5.82 Å². The van der Waals surface area contributed by atoms with Gasteiger partial charge >= 0.3 is 0 Å². The molecule has 0 radical (unpaired) electrons. The van der Waals surface area contributed by atoms with Crippen molar-refractivity contribution in [3.63, 3.8) is 0 Å². The van der Waals surface area contributed by atoms with Gasteiger partial charge in [0.05, 0.1) is 6.20 Å². The number of halogens is 1. The van der Waals surface area contributed by atoms with Crippen molar-refractivity contribution in [1.82, 2.24) is 15.3 Å². The third-order valence-electron chi connectivity index (χ3n) is 4.06. The van der Waals surface area contributed by atoms with Crippen molar-refractivity contribution in [2.24, 2.45) is 5.92 Å². The van der Waals surface area contributed by atoms with E-state index < -0.39 is 0 Å². The highest BCUT2D eigenvalue weighted by molar-refractivity contribution is 7.09. The Morgan fingerprint density at radius 2 is 2.26 bits per heavy atom. The fourth-order valence-corrected chi connectivity index (χ4v) is 3.73. The van der Waals surface area contributed by atoms with Gasteiger partial charge in [0.15, 0.2) is 5.82 Å². The molecule has 5 nitrogen and oxygen atoms in total. The van der Waals surface area contributed by atoms with Gasteiger partial charge in [-0.2, -0.15) is 0 Å². The third-order valence-corrected chi connectivity index (χ3v) is 5.27. The summed E-state index contributed by atoms with van der Waals surface area (Å²) >= 11 is 7.86. The Labute approximate surface area is 144 Å². The number of hydrogen-bond acceptors (Lipinski definition) is 5. The lowest BCUT2D eigenvalue weighted by Crippen LogP contribution is -2.41. The maximum atomic E-state index is 12.3. The van der Waals surface area contributed by atoms with Crippen LogP contribution in [0.25, 0.3) is 0 Å². The number of amides is 1. The average molecular weight is 351 g/mol. The number of aromatic nitrogens is 2. The molecule has 1 saturated heterocycles. The van der Waals surface area contributed by atoms with Gasteiger partial charge in [-0.05, 0) is 30.7 Å². The number of carbonyl (C=O) groups is 1. The third kappa shape index (κ3) is 4.20. The van der Waals surface area contributed by atoms with Gasteiger partial charge < -0.3 is 10.2 Å². The normalized spacial score (nSPS) is 15.6. The molecular formula is C16H19ClN4OS. The fourth-order valence-electron chi connectivity index (χ4n) is 2.80. The Morgan fingerprint density at radius 1 is 1.43 bits per heavy atom. The SMILES string of the molecule is O=C(NCCc1cccs1)C1CCN(c2ncncc2Cl)CC1. The summed E-state index contributed by atoms with van der Waals surface area (Å²) in [5.41, 5.74) is 0. The first-order valence-corrected chi connectivity index (χ1v) is 9.00. The van der Waals surface area contributed by atoms with Gasteiger partial charge in [0, 0.05) is 30.4 Å². The summed E-state index contributed by atoms with van der Waals surface area (Å²) in [6, 6.07) is 4.14. The molecule has 1 aliphatic heterocycles. The van der Waals surface area contributed by atoms with Gasteiger partial charge in [-0.1, -0.05) is 17.7 Å². The zero-order valence-corrected chi connectivity index (χ0v) is 14.3. The Morgan fingerprint density at radius 3 is 2.96 bits per heavy atom. The number of hydrogen-bond donors (Lipinski definition) is 1. The van der Waals surface area contributed by atoms with Crippen LogP contribution in [0.1, 0.15) is 17.7 Å². The Balaban J connectivity index is 1.45. The van der Waals surface area contributed by atoms with Crippen LogP contribution in [0.3, 0.4) is 0 Å². The maximum Gasteiger partial charge on any atom is 0.223 e. The van der Waals surface area contributed by atoms with Crippen LogP contribution >= 0.6 is 22.9 Å². The predicted molar refractivity (Wildman–Crippen MR) is 93.0 cm³/mol. The molecule has 0 bridgehead atoms.